The Balaban J connectivity index is 1.92. The van der Waals surface area contributed by atoms with Crippen molar-refractivity contribution in [3.05, 3.63) is 29.8 Å². The molecule has 0 spiro atoms. The van der Waals surface area contributed by atoms with Gasteiger partial charge in [-0.3, -0.25) is 4.79 Å². The molecule has 1 amide bonds. The molecule has 1 aliphatic heterocycles. The van der Waals surface area contributed by atoms with Crippen molar-refractivity contribution in [3.63, 3.8) is 0 Å². The van der Waals surface area contributed by atoms with Crippen molar-refractivity contribution in [1.82, 2.24) is 5.32 Å². The van der Waals surface area contributed by atoms with Crippen molar-refractivity contribution in [2.45, 2.75) is 64.6 Å². The Morgan fingerprint density at radius 3 is 2.39 bits per heavy atom. The van der Waals surface area contributed by atoms with Crippen LogP contribution in [0.4, 0.5) is 0 Å². The normalized spacial score (nSPS) is 18.7. The number of amides is 1. The fraction of sp³-hybridized carbons (Fsp3) is 0.632. The molecule has 4 nitrogen and oxygen atoms in total. The number of rotatable bonds is 5. The Bertz CT molecular complexity index is 523. The summed E-state index contributed by atoms with van der Waals surface area (Å²) in [7, 11) is 0. The summed E-state index contributed by atoms with van der Waals surface area (Å²) < 4.78 is 11.4. The molecule has 0 bridgehead atoms. The molecule has 0 aromatic heterocycles. The lowest BCUT2D eigenvalue weighted by molar-refractivity contribution is -0.134. The van der Waals surface area contributed by atoms with Gasteiger partial charge in [0, 0.05) is 13.2 Å². The molecule has 23 heavy (non-hydrogen) atoms. The van der Waals surface area contributed by atoms with Crippen molar-refractivity contribution >= 4 is 5.91 Å². The SMILES string of the molecule is CC(C)(Oc1ccc(C(C)(C)C)cc1)C(=O)NC[C@@H]1CCCO1. The average molecular weight is 319 g/mol. The molecule has 1 saturated heterocycles. The lowest BCUT2D eigenvalue weighted by Gasteiger charge is -2.26. The number of benzene rings is 1. The van der Waals surface area contributed by atoms with E-state index in [-0.39, 0.29) is 17.4 Å². The molecule has 0 unspecified atom stereocenters. The Kier molecular flexibility index (Phi) is 5.35. The van der Waals surface area contributed by atoms with Gasteiger partial charge in [-0.25, -0.2) is 0 Å². The summed E-state index contributed by atoms with van der Waals surface area (Å²) >= 11 is 0. The quantitative estimate of drug-likeness (QED) is 0.904. The summed E-state index contributed by atoms with van der Waals surface area (Å²) in [6.07, 6.45) is 2.22. The second-order valence-corrected chi connectivity index (χ2v) is 7.73. The van der Waals surface area contributed by atoms with E-state index in [9.17, 15) is 4.79 Å². The van der Waals surface area contributed by atoms with Crippen LogP contribution in [0.5, 0.6) is 5.75 Å². The van der Waals surface area contributed by atoms with E-state index >= 15 is 0 Å². The number of nitrogens with one attached hydrogen (secondary N) is 1. The standard InChI is InChI=1S/C19H29NO3/c1-18(2,3)14-8-10-15(11-9-14)23-19(4,5)17(21)20-13-16-7-6-12-22-16/h8-11,16H,6-7,12-13H2,1-5H3,(H,20,21)/t16-/m0/s1. The van der Waals surface area contributed by atoms with E-state index in [1.165, 1.54) is 5.56 Å². The first kappa shape index (κ1) is 17.8. The van der Waals surface area contributed by atoms with Gasteiger partial charge in [0.15, 0.2) is 5.60 Å². The zero-order chi connectivity index (χ0) is 17.1. The van der Waals surface area contributed by atoms with Gasteiger partial charge in [-0.05, 0) is 49.8 Å². The van der Waals surface area contributed by atoms with Crippen LogP contribution in [0.25, 0.3) is 0 Å². The van der Waals surface area contributed by atoms with Gasteiger partial charge in [0.25, 0.3) is 5.91 Å². The second kappa shape index (κ2) is 6.91. The van der Waals surface area contributed by atoms with Crippen molar-refractivity contribution < 1.29 is 14.3 Å². The average Bonchev–Trinajstić information content (AvgIpc) is 2.97. The molecule has 1 N–H and O–H groups in total. The van der Waals surface area contributed by atoms with Crippen LogP contribution in [0.1, 0.15) is 53.0 Å². The van der Waals surface area contributed by atoms with Gasteiger partial charge < -0.3 is 14.8 Å². The molecule has 1 fully saturated rings. The molecule has 2 rings (SSSR count). The smallest absolute Gasteiger partial charge is 0.263 e. The maximum atomic E-state index is 12.4. The summed E-state index contributed by atoms with van der Waals surface area (Å²) in [6, 6.07) is 7.96. The Hall–Kier alpha value is -1.55. The van der Waals surface area contributed by atoms with E-state index < -0.39 is 5.60 Å². The first-order chi connectivity index (χ1) is 10.7. The van der Waals surface area contributed by atoms with Gasteiger partial charge in [0.2, 0.25) is 0 Å². The summed E-state index contributed by atoms with van der Waals surface area (Å²) in [5.74, 6) is 0.586. The van der Waals surface area contributed by atoms with Gasteiger partial charge in [-0.1, -0.05) is 32.9 Å². The summed E-state index contributed by atoms with van der Waals surface area (Å²) in [6.45, 7) is 11.4. The third-order valence-electron chi connectivity index (χ3n) is 4.15. The van der Waals surface area contributed by atoms with E-state index in [0.29, 0.717) is 12.3 Å². The van der Waals surface area contributed by atoms with Gasteiger partial charge >= 0.3 is 0 Å². The highest BCUT2D eigenvalue weighted by Gasteiger charge is 2.30. The fourth-order valence-corrected chi connectivity index (χ4v) is 2.59. The van der Waals surface area contributed by atoms with E-state index in [1.807, 2.05) is 12.1 Å². The highest BCUT2D eigenvalue weighted by Crippen LogP contribution is 2.26. The molecule has 1 heterocycles. The third-order valence-corrected chi connectivity index (χ3v) is 4.15. The zero-order valence-electron chi connectivity index (χ0n) is 14.9. The van der Waals surface area contributed by atoms with Crippen LogP contribution < -0.4 is 10.1 Å². The second-order valence-electron chi connectivity index (χ2n) is 7.73. The van der Waals surface area contributed by atoms with Crippen molar-refractivity contribution in [3.8, 4) is 5.75 Å². The van der Waals surface area contributed by atoms with Crippen LogP contribution in [0.15, 0.2) is 24.3 Å². The third kappa shape index (κ3) is 4.96. The highest BCUT2D eigenvalue weighted by atomic mass is 16.5. The summed E-state index contributed by atoms with van der Waals surface area (Å²) in [5, 5.41) is 2.93. The summed E-state index contributed by atoms with van der Waals surface area (Å²) in [5.41, 5.74) is 0.430. The molecule has 128 valence electrons. The number of hydrogen-bond donors (Lipinski definition) is 1. The molecular formula is C19H29NO3. The predicted molar refractivity (Wildman–Crippen MR) is 91.8 cm³/mol. The minimum absolute atomic E-state index is 0.104. The fourth-order valence-electron chi connectivity index (χ4n) is 2.59. The maximum absolute atomic E-state index is 12.4. The Morgan fingerprint density at radius 1 is 1.22 bits per heavy atom. The Morgan fingerprint density at radius 2 is 1.87 bits per heavy atom. The van der Waals surface area contributed by atoms with Gasteiger partial charge in [0.05, 0.1) is 6.10 Å². The number of carbonyl (C=O) groups excluding carboxylic acids is 1. The first-order valence-electron chi connectivity index (χ1n) is 8.38. The minimum Gasteiger partial charge on any atom is -0.478 e. The lowest BCUT2D eigenvalue weighted by atomic mass is 9.87. The van der Waals surface area contributed by atoms with Crippen molar-refractivity contribution in [1.29, 1.82) is 0 Å². The van der Waals surface area contributed by atoms with Crippen LogP contribution in [-0.2, 0) is 14.9 Å². The molecule has 1 aliphatic rings. The number of ether oxygens (including phenoxy) is 2. The number of hydrogen-bond acceptors (Lipinski definition) is 3. The first-order valence-corrected chi connectivity index (χ1v) is 8.38. The van der Waals surface area contributed by atoms with Gasteiger partial charge in [0.1, 0.15) is 5.75 Å². The van der Waals surface area contributed by atoms with Gasteiger partial charge in [-0.15, -0.1) is 0 Å². The molecular weight excluding hydrogens is 290 g/mol. The molecule has 0 saturated carbocycles. The molecule has 0 radical (unpaired) electrons. The Labute approximate surface area is 139 Å². The minimum atomic E-state index is -0.915. The molecule has 1 atom stereocenters. The van der Waals surface area contributed by atoms with E-state index in [0.717, 1.165) is 19.4 Å². The molecule has 0 aliphatic carbocycles. The number of carbonyl (C=O) groups is 1. The van der Waals surface area contributed by atoms with Crippen LogP contribution in [-0.4, -0.2) is 30.8 Å². The molecule has 1 aromatic carbocycles. The van der Waals surface area contributed by atoms with Gasteiger partial charge in [-0.2, -0.15) is 0 Å². The maximum Gasteiger partial charge on any atom is 0.263 e. The highest BCUT2D eigenvalue weighted by molar-refractivity contribution is 5.84. The summed E-state index contributed by atoms with van der Waals surface area (Å²) in [4.78, 5) is 12.4. The molecule has 1 aromatic rings. The predicted octanol–water partition coefficient (Wildman–Crippen LogP) is 3.44. The largest absolute Gasteiger partial charge is 0.478 e. The topological polar surface area (TPSA) is 47.6 Å². The van der Waals surface area contributed by atoms with Crippen molar-refractivity contribution in [2.75, 3.05) is 13.2 Å². The van der Waals surface area contributed by atoms with Crippen LogP contribution in [0, 0.1) is 0 Å². The monoisotopic (exact) mass is 319 g/mol. The van der Waals surface area contributed by atoms with E-state index in [2.05, 4.69) is 38.2 Å². The molecule has 4 heteroatoms. The van der Waals surface area contributed by atoms with E-state index in [4.69, 9.17) is 9.47 Å². The van der Waals surface area contributed by atoms with Crippen LogP contribution >= 0.6 is 0 Å². The van der Waals surface area contributed by atoms with Crippen LogP contribution in [0.3, 0.4) is 0 Å². The zero-order valence-corrected chi connectivity index (χ0v) is 14.9. The van der Waals surface area contributed by atoms with Crippen molar-refractivity contribution in [2.24, 2.45) is 0 Å². The lowest BCUT2D eigenvalue weighted by Crippen LogP contribution is -2.48. The van der Waals surface area contributed by atoms with E-state index in [1.54, 1.807) is 13.8 Å². The van der Waals surface area contributed by atoms with Crippen LogP contribution in [0.2, 0.25) is 0 Å².